The number of carbonyl (C=O) groups excluding carboxylic acids is 1. The Hall–Kier alpha value is -3.26. The molecule has 0 saturated heterocycles. The average Bonchev–Trinajstić information content (AvgIpc) is 3.40. The quantitative estimate of drug-likeness (QED) is 0.432. The fourth-order valence-electron chi connectivity index (χ4n) is 3.06. The first-order valence-corrected chi connectivity index (χ1v) is 10.7. The average molecular weight is 422 g/mol. The summed E-state index contributed by atoms with van der Waals surface area (Å²) in [5, 5.41) is 5.05. The van der Waals surface area contributed by atoms with E-state index in [9.17, 15) is 4.79 Å². The zero-order valence-corrected chi connectivity index (χ0v) is 18.0. The van der Waals surface area contributed by atoms with E-state index in [1.165, 1.54) is 11.3 Å². The van der Waals surface area contributed by atoms with Gasteiger partial charge in [0.1, 0.15) is 11.3 Å². The van der Waals surface area contributed by atoms with Crippen molar-refractivity contribution in [2.45, 2.75) is 33.4 Å². The topological polar surface area (TPSA) is 73.1 Å². The number of ether oxygens (including phenoxy) is 1. The number of fused-ring (bicyclic) bond motifs is 1. The predicted octanol–water partition coefficient (Wildman–Crippen LogP) is 4.71. The first kappa shape index (κ1) is 20.0. The Morgan fingerprint density at radius 1 is 1.20 bits per heavy atom. The Kier molecular flexibility index (Phi) is 5.76. The minimum absolute atomic E-state index is 0.173. The molecule has 3 aromatic heterocycles. The van der Waals surface area contributed by atoms with Gasteiger partial charge in [0.25, 0.3) is 5.91 Å². The summed E-state index contributed by atoms with van der Waals surface area (Å²) in [6.45, 7) is 6.84. The molecule has 3 heterocycles. The molecule has 0 atom stereocenters. The molecule has 0 unspecified atom stereocenters. The number of nitrogens with zero attached hydrogens (tertiary/aromatic N) is 5. The molecule has 0 fully saturated rings. The Labute approximate surface area is 179 Å². The lowest BCUT2D eigenvalue weighted by molar-refractivity contribution is 0.0979. The van der Waals surface area contributed by atoms with Gasteiger partial charge in [0, 0.05) is 18.4 Å². The van der Waals surface area contributed by atoms with E-state index in [1.807, 2.05) is 63.4 Å². The largest absolute Gasteiger partial charge is 0.492 e. The number of aromatic nitrogens is 4. The van der Waals surface area contributed by atoms with Crippen LogP contribution in [0.5, 0.6) is 5.75 Å². The first-order chi connectivity index (χ1) is 14.6. The lowest BCUT2D eigenvalue weighted by atomic mass is 10.3. The van der Waals surface area contributed by atoms with Crippen molar-refractivity contribution >= 4 is 32.6 Å². The molecule has 1 aromatic carbocycles. The van der Waals surface area contributed by atoms with Gasteiger partial charge in [-0.05, 0) is 51.1 Å². The maximum absolute atomic E-state index is 13.4. The molecule has 4 aromatic rings. The third-order valence-corrected chi connectivity index (χ3v) is 5.59. The van der Waals surface area contributed by atoms with E-state index in [0.29, 0.717) is 29.7 Å². The van der Waals surface area contributed by atoms with E-state index in [-0.39, 0.29) is 11.9 Å². The summed E-state index contributed by atoms with van der Waals surface area (Å²) in [7, 11) is 0. The molecule has 0 radical (unpaired) electrons. The highest BCUT2D eigenvalue weighted by Crippen LogP contribution is 2.35. The van der Waals surface area contributed by atoms with Crippen LogP contribution in [-0.2, 0) is 6.54 Å². The zero-order chi connectivity index (χ0) is 21.1. The van der Waals surface area contributed by atoms with Gasteiger partial charge in [-0.15, -0.1) is 0 Å². The summed E-state index contributed by atoms with van der Waals surface area (Å²) < 4.78 is 8.45. The van der Waals surface area contributed by atoms with E-state index in [1.54, 1.807) is 21.8 Å². The molecule has 0 aliphatic rings. The Morgan fingerprint density at radius 3 is 2.77 bits per heavy atom. The number of para-hydroxylation sites is 1. The number of benzene rings is 1. The standard InChI is InChI=1S/C22H23N5O2S/c1-4-29-18-9-7-10-19-20(18)24-22(30-19)26(14-16-8-5-6-12-23-16)21(28)17-11-13-27(25-17)15(2)3/h5-13,15H,4,14H2,1-3H3. The van der Waals surface area contributed by atoms with Crippen molar-refractivity contribution in [3.63, 3.8) is 0 Å². The van der Waals surface area contributed by atoms with Gasteiger partial charge in [-0.25, -0.2) is 4.98 Å². The molecule has 7 nitrogen and oxygen atoms in total. The molecule has 30 heavy (non-hydrogen) atoms. The van der Waals surface area contributed by atoms with Crippen LogP contribution in [0.1, 0.15) is 43.0 Å². The summed E-state index contributed by atoms with van der Waals surface area (Å²) in [6.07, 6.45) is 3.54. The number of thiazole rings is 1. The second-order valence-electron chi connectivity index (χ2n) is 7.02. The van der Waals surface area contributed by atoms with Gasteiger partial charge >= 0.3 is 0 Å². The van der Waals surface area contributed by atoms with Crippen LogP contribution in [0, 0.1) is 0 Å². The van der Waals surface area contributed by atoms with Crippen LogP contribution in [0.3, 0.4) is 0 Å². The smallest absolute Gasteiger partial charge is 0.280 e. The molecule has 0 bridgehead atoms. The molecule has 4 rings (SSSR count). The third-order valence-electron chi connectivity index (χ3n) is 4.55. The van der Waals surface area contributed by atoms with Crippen LogP contribution in [0.15, 0.2) is 54.9 Å². The van der Waals surface area contributed by atoms with Crippen LogP contribution < -0.4 is 9.64 Å². The third kappa shape index (κ3) is 4.04. The van der Waals surface area contributed by atoms with Gasteiger partial charge < -0.3 is 4.74 Å². The number of hydrogen-bond donors (Lipinski definition) is 0. The lowest BCUT2D eigenvalue weighted by Gasteiger charge is -2.18. The van der Waals surface area contributed by atoms with Crippen molar-refractivity contribution in [3.8, 4) is 5.75 Å². The summed E-state index contributed by atoms with van der Waals surface area (Å²) in [4.78, 5) is 24.2. The van der Waals surface area contributed by atoms with Gasteiger partial charge in [0.15, 0.2) is 10.8 Å². The highest BCUT2D eigenvalue weighted by atomic mass is 32.1. The number of rotatable bonds is 7. The molecule has 0 aliphatic heterocycles. The number of anilines is 1. The fraction of sp³-hybridized carbons (Fsp3) is 0.273. The van der Waals surface area contributed by atoms with Gasteiger partial charge in [-0.2, -0.15) is 5.10 Å². The Bertz CT molecular complexity index is 1150. The lowest BCUT2D eigenvalue weighted by Crippen LogP contribution is -2.31. The van der Waals surface area contributed by atoms with Crippen LogP contribution in [0.25, 0.3) is 10.2 Å². The molecule has 0 spiro atoms. The van der Waals surface area contributed by atoms with Crippen molar-refractivity contribution in [3.05, 3.63) is 66.2 Å². The minimum atomic E-state index is -0.211. The first-order valence-electron chi connectivity index (χ1n) is 9.86. The van der Waals surface area contributed by atoms with E-state index < -0.39 is 0 Å². The van der Waals surface area contributed by atoms with Crippen molar-refractivity contribution in [1.82, 2.24) is 19.7 Å². The number of pyridine rings is 1. The SMILES string of the molecule is CCOc1cccc2sc(N(Cc3ccccn3)C(=O)c3ccn(C(C)C)n3)nc12. The number of hydrogen-bond acceptors (Lipinski definition) is 6. The Balaban J connectivity index is 1.76. The monoisotopic (exact) mass is 421 g/mol. The van der Waals surface area contributed by atoms with Crippen LogP contribution in [0.4, 0.5) is 5.13 Å². The molecule has 154 valence electrons. The fourth-order valence-corrected chi connectivity index (χ4v) is 4.04. The van der Waals surface area contributed by atoms with Crippen molar-refractivity contribution in [1.29, 1.82) is 0 Å². The van der Waals surface area contributed by atoms with Crippen LogP contribution >= 0.6 is 11.3 Å². The second kappa shape index (κ2) is 8.62. The van der Waals surface area contributed by atoms with E-state index in [4.69, 9.17) is 9.72 Å². The van der Waals surface area contributed by atoms with Crippen molar-refractivity contribution in [2.24, 2.45) is 0 Å². The number of carbonyl (C=O) groups is 1. The summed E-state index contributed by atoms with van der Waals surface area (Å²) in [5.74, 6) is 0.504. The maximum Gasteiger partial charge on any atom is 0.280 e. The predicted molar refractivity (Wildman–Crippen MR) is 118 cm³/mol. The van der Waals surface area contributed by atoms with E-state index in [0.717, 1.165) is 15.9 Å². The molecule has 0 saturated carbocycles. The zero-order valence-electron chi connectivity index (χ0n) is 17.1. The highest BCUT2D eigenvalue weighted by molar-refractivity contribution is 7.22. The molecular formula is C22H23N5O2S. The van der Waals surface area contributed by atoms with Crippen LogP contribution in [0.2, 0.25) is 0 Å². The summed E-state index contributed by atoms with van der Waals surface area (Å²) in [5.41, 5.74) is 1.91. The molecule has 0 N–H and O–H groups in total. The second-order valence-corrected chi connectivity index (χ2v) is 8.03. The van der Waals surface area contributed by atoms with E-state index >= 15 is 0 Å². The van der Waals surface area contributed by atoms with Gasteiger partial charge in [-0.1, -0.05) is 23.5 Å². The van der Waals surface area contributed by atoms with Crippen LogP contribution in [-0.4, -0.2) is 32.3 Å². The van der Waals surface area contributed by atoms with E-state index in [2.05, 4.69) is 10.1 Å². The minimum Gasteiger partial charge on any atom is -0.492 e. The molecule has 0 aliphatic carbocycles. The highest BCUT2D eigenvalue weighted by Gasteiger charge is 2.25. The molecular weight excluding hydrogens is 398 g/mol. The molecule has 8 heteroatoms. The van der Waals surface area contributed by atoms with Gasteiger partial charge in [-0.3, -0.25) is 19.4 Å². The van der Waals surface area contributed by atoms with Gasteiger partial charge in [0.2, 0.25) is 0 Å². The maximum atomic E-state index is 13.4. The van der Waals surface area contributed by atoms with Gasteiger partial charge in [0.05, 0.1) is 23.5 Å². The summed E-state index contributed by atoms with van der Waals surface area (Å²) >= 11 is 1.45. The number of amides is 1. The Morgan fingerprint density at radius 2 is 2.07 bits per heavy atom. The van der Waals surface area contributed by atoms with Crippen molar-refractivity contribution in [2.75, 3.05) is 11.5 Å². The van der Waals surface area contributed by atoms with Crippen molar-refractivity contribution < 1.29 is 9.53 Å². The summed E-state index contributed by atoms with van der Waals surface area (Å²) in [6, 6.07) is 13.4. The normalized spacial score (nSPS) is 11.2. The molecule has 1 amide bonds.